The first kappa shape index (κ1) is 23.0. The lowest BCUT2D eigenvalue weighted by molar-refractivity contribution is 0.654. The van der Waals surface area contributed by atoms with Crippen molar-refractivity contribution in [2.75, 3.05) is 0 Å². The zero-order chi connectivity index (χ0) is 19.4. The first-order chi connectivity index (χ1) is 10.4. The molecule has 0 radical (unpaired) electrons. The number of rotatable bonds is 2. The summed E-state index contributed by atoms with van der Waals surface area (Å²) < 4.78 is 0. The number of thiocarbonyl (C=S) groups is 1. The van der Waals surface area contributed by atoms with Crippen LogP contribution >= 0.6 is 28.1 Å². The van der Waals surface area contributed by atoms with E-state index in [9.17, 15) is 0 Å². The van der Waals surface area contributed by atoms with Gasteiger partial charge in [0.25, 0.3) is 0 Å². The first-order valence-corrected chi connectivity index (χ1v) is 12.6. The largest absolute Gasteiger partial charge is 0.0883 e. The van der Waals surface area contributed by atoms with E-state index in [1.807, 2.05) is 0 Å². The SMILES string of the molecule is CC(C)(C)P(C(C)(C)C)C1(P(C(C)(C)C)C(C)(C)C)CCCC1=S. The van der Waals surface area contributed by atoms with Crippen LogP contribution in [0.5, 0.6) is 0 Å². The fraction of sp³-hybridized carbons (Fsp3) is 0.952. The van der Waals surface area contributed by atoms with Gasteiger partial charge in [0.15, 0.2) is 0 Å². The zero-order valence-corrected chi connectivity index (χ0v) is 21.0. The summed E-state index contributed by atoms with van der Waals surface area (Å²) in [5.74, 6) is 0. The maximum atomic E-state index is 6.21. The topological polar surface area (TPSA) is 0 Å². The van der Waals surface area contributed by atoms with Crippen LogP contribution < -0.4 is 0 Å². The highest BCUT2D eigenvalue weighted by molar-refractivity contribution is 7.88. The van der Waals surface area contributed by atoms with Crippen molar-refractivity contribution in [1.82, 2.24) is 0 Å². The van der Waals surface area contributed by atoms with Crippen LogP contribution in [-0.2, 0) is 0 Å². The molecule has 0 aromatic carbocycles. The molecule has 142 valence electrons. The monoisotopic (exact) mass is 388 g/mol. The van der Waals surface area contributed by atoms with Crippen molar-refractivity contribution in [2.45, 2.75) is 128 Å². The molecule has 1 rings (SSSR count). The minimum absolute atomic E-state index is 0.248. The molecule has 0 unspecified atom stereocenters. The molecule has 0 atom stereocenters. The molecule has 0 nitrogen and oxygen atoms in total. The van der Waals surface area contributed by atoms with Gasteiger partial charge in [-0.1, -0.05) is 111 Å². The molecule has 0 saturated heterocycles. The molecule has 0 heterocycles. The highest BCUT2D eigenvalue weighted by Crippen LogP contribution is 2.85. The lowest BCUT2D eigenvalue weighted by Crippen LogP contribution is -2.48. The molecule has 1 fully saturated rings. The minimum Gasteiger partial charge on any atom is -0.0883 e. The van der Waals surface area contributed by atoms with Gasteiger partial charge in [-0.05, 0) is 39.9 Å². The lowest BCUT2D eigenvalue weighted by atomic mass is 10.2. The molecule has 3 heteroatoms. The van der Waals surface area contributed by atoms with Crippen LogP contribution in [-0.4, -0.2) is 30.4 Å². The quantitative estimate of drug-likeness (QED) is 0.338. The van der Waals surface area contributed by atoms with E-state index in [4.69, 9.17) is 12.2 Å². The smallest absolute Gasteiger partial charge is 0.0433 e. The summed E-state index contributed by atoms with van der Waals surface area (Å²) in [6, 6.07) is 0. The second-order valence-corrected chi connectivity index (χ2v) is 20.5. The fourth-order valence-electron chi connectivity index (χ4n) is 5.64. The Morgan fingerprint density at radius 3 is 1.12 bits per heavy atom. The van der Waals surface area contributed by atoms with Crippen molar-refractivity contribution in [3.8, 4) is 0 Å². The van der Waals surface area contributed by atoms with Gasteiger partial charge in [-0.2, -0.15) is 0 Å². The molecule has 0 aromatic rings. The molecular formula is C21H42P2S. The van der Waals surface area contributed by atoms with Crippen LogP contribution in [0.25, 0.3) is 0 Å². The van der Waals surface area contributed by atoms with Gasteiger partial charge < -0.3 is 0 Å². The molecule has 0 amide bonds. The Morgan fingerprint density at radius 1 is 0.667 bits per heavy atom. The van der Waals surface area contributed by atoms with Crippen molar-refractivity contribution in [3.05, 3.63) is 0 Å². The van der Waals surface area contributed by atoms with Crippen molar-refractivity contribution in [2.24, 2.45) is 0 Å². The maximum absolute atomic E-state index is 6.21. The van der Waals surface area contributed by atoms with Crippen molar-refractivity contribution < 1.29 is 0 Å². The van der Waals surface area contributed by atoms with E-state index < -0.39 is 0 Å². The Hall–Kier alpha value is 0.950. The van der Waals surface area contributed by atoms with Gasteiger partial charge in [0.05, 0.1) is 0 Å². The van der Waals surface area contributed by atoms with Crippen molar-refractivity contribution in [1.29, 1.82) is 0 Å². The van der Waals surface area contributed by atoms with Gasteiger partial charge in [0, 0.05) is 9.76 Å². The first-order valence-electron chi connectivity index (χ1n) is 9.50. The number of hydrogen-bond donors (Lipinski definition) is 0. The third-order valence-corrected chi connectivity index (χ3v) is 14.7. The average molecular weight is 389 g/mol. The summed E-state index contributed by atoms with van der Waals surface area (Å²) in [6.45, 7) is 29.7. The second kappa shape index (κ2) is 6.84. The van der Waals surface area contributed by atoms with Crippen LogP contribution in [0.2, 0.25) is 0 Å². The van der Waals surface area contributed by atoms with E-state index in [2.05, 4.69) is 83.1 Å². The van der Waals surface area contributed by atoms with Crippen molar-refractivity contribution in [3.63, 3.8) is 0 Å². The predicted octanol–water partition coefficient (Wildman–Crippen LogP) is 8.39. The molecular weight excluding hydrogens is 346 g/mol. The van der Waals surface area contributed by atoms with Crippen LogP contribution in [0.1, 0.15) is 102 Å². The van der Waals surface area contributed by atoms with Gasteiger partial charge in [-0.15, -0.1) is 0 Å². The molecule has 0 bridgehead atoms. The zero-order valence-electron chi connectivity index (χ0n) is 18.4. The van der Waals surface area contributed by atoms with Gasteiger partial charge in [-0.25, -0.2) is 0 Å². The maximum Gasteiger partial charge on any atom is 0.0433 e. The van der Waals surface area contributed by atoms with Crippen molar-refractivity contribution >= 4 is 32.9 Å². The molecule has 24 heavy (non-hydrogen) atoms. The van der Waals surface area contributed by atoms with Gasteiger partial charge in [-0.3, -0.25) is 0 Å². The number of hydrogen-bond acceptors (Lipinski definition) is 1. The second-order valence-electron chi connectivity index (χ2n) is 11.4. The van der Waals surface area contributed by atoms with E-state index in [0.29, 0.717) is 20.6 Å². The molecule has 0 aromatic heterocycles. The highest BCUT2D eigenvalue weighted by Gasteiger charge is 2.61. The Kier molecular flexibility index (Phi) is 6.55. The van der Waals surface area contributed by atoms with E-state index in [-0.39, 0.29) is 20.7 Å². The van der Waals surface area contributed by atoms with E-state index >= 15 is 0 Å². The molecule has 1 aliphatic carbocycles. The molecule has 1 saturated carbocycles. The van der Waals surface area contributed by atoms with E-state index in [1.54, 1.807) is 0 Å². The van der Waals surface area contributed by atoms with Gasteiger partial charge >= 0.3 is 0 Å². The lowest BCUT2D eigenvalue weighted by Gasteiger charge is -2.61. The molecule has 1 aliphatic rings. The normalized spacial score (nSPS) is 20.3. The summed E-state index contributed by atoms with van der Waals surface area (Å²) in [4.78, 5) is 1.71. The Balaban J connectivity index is 3.80. The Morgan fingerprint density at radius 2 is 0.958 bits per heavy atom. The minimum atomic E-state index is -0.248. The summed E-state index contributed by atoms with van der Waals surface area (Å²) in [5, 5.41) is 1.27. The van der Waals surface area contributed by atoms with Crippen LogP contribution in [0.15, 0.2) is 0 Å². The molecule has 0 aliphatic heterocycles. The molecule has 0 spiro atoms. The van der Waals surface area contributed by atoms with E-state index in [0.717, 1.165) is 0 Å². The van der Waals surface area contributed by atoms with Crippen LogP contribution in [0, 0.1) is 0 Å². The third-order valence-electron chi connectivity index (χ3n) is 4.80. The summed E-state index contributed by atoms with van der Waals surface area (Å²) in [5.41, 5.74) is 0. The predicted molar refractivity (Wildman–Crippen MR) is 122 cm³/mol. The highest BCUT2D eigenvalue weighted by atomic mass is 32.1. The van der Waals surface area contributed by atoms with Crippen LogP contribution in [0.4, 0.5) is 0 Å². The third kappa shape index (κ3) is 4.43. The van der Waals surface area contributed by atoms with Gasteiger partial charge in [0.2, 0.25) is 0 Å². The summed E-state index contributed by atoms with van der Waals surface area (Å²) >= 11 is 6.21. The molecule has 0 N–H and O–H groups in total. The Bertz CT molecular complexity index is 406. The average Bonchev–Trinajstić information content (AvgIpc) is 2.50. The fourth-order valence-corrected chi connectivity index (χ4v) is 20.8. The summed E-state index contributed by atoms with van der Waals surface area (Å²) in [6.07, 6.45) is 3.80. The standard InChI is InChI=1S/C21H42P2S/c1-17(2,3)22(18(4,5)6)21(15-13-14-16(21)24)23(19(7,8)9)20(10,11)12/h13-15H2,1-12H3. The van der Waals surface area contributed by atoms with E-state index in [1.165, 1.54) is 24.1 Å². The van der Waals surface area contributed by atoms with Crippen LogP contribution in [0.3, 0.4) is 0 Å². The summed E-state index contributed by atoms with van der Waals surface area (Å²) in [7, 11) is -0.496. The Labute approximate surface area is 160 Å². The van der Waals surface area contributed by atoms with Gasteiger partial charge in [0.1, 0.15) is 0 Å².